The summed E-state index contributed by atoms with van der Waals surface area (Å²) in [6.07, 6.45) is -0.628. The maximum Gasteiger partial charge on any atom is 0.302 e. The lowest BCUT2D eigenvalue weighted by Crippen LogP contribution is -2.47. The Balaban J connectivity index is 3.13. The van der Waals surface area contributed by atoms with Crippen LogP contribution in [-0.4, -0.2) is 26.5 Å². The van der Waals surface area contributed by atoms with Gasteiger partial charge in [-0.25, -0.2) is 8.42 Å². The summed E-state index contributed by atoms with van der Waals surface area (Å²) in [6, 6.07) is 5.84. The van der Waals surface area contributed by atoms with E-state index in [0.717, 1.165) is 5.56 Å². The van der Waals surface area contributed by atoms with Gasteiger partial charge in [0, 0.05) is 10.5 Å². The van der Waals surface area contributed by atoms with Crippen molar-refractivity contribution in [2.45, 2.75) is 44.7 Å². The number of ether oxygens (including phenoxy) is 1. The number of nitrogens with one attached hydrogen (secondary N) is 1. The van der Waals surface area contributed by atoms with Crippen molar-refractivity contribution < 1.29 is 17.9 Å². The number of sulfonamides is 1. The first-order valence-corrected chi connectivity index (χ1v) is 9.71. The van der Waals surface area contributed by atoms with Crippen molar-refractivity contribution in [2.24, 2.45) is 5.92 Å². The van der Waals surface area contributed by atoms with E-state index in [9.17, 15) is 13.2 Å². The van der Waals surface area contributed by atoms with Crippen LogP contribution in [-0.2, 0) is 19.6 Å². The second kappa shape index (κ2) is 8.25. The van der Waals surface area contributed by atoms with Crippen molar-refractivity contribution in [3.8, 4) is 0 Å². The third-order valence-corrected chi connectivity index (χ3v) is 5.37. The zero-order valence-corrected chi connectivity index (χ0v) is 16.6. The van der Waals surface area contributed by atoms with Crippen LogP contribution in [0.3, 0.4) is 0 Å². The highest BCUT2D eigenvalue weighted by molar-refractivity contribution is 14.1. The summed E-state index contributed by atoms with van der Waals surface area (Å²) in [4.78, 5) is 11.5. The molecule has 0 saturated heterocycles. The summed E-state index contributed by atoms with van der Waals surface area (Å²) in [5.74, 6) is -0.531. The standard InChI is InChI=1S/C16H22INO4S/c1-10(2)16(22-13(5)19)15(12(4)17)18-23(20,21)14-8-6-11(3)7-9-14/h6-10,15-16,18H,4H2,1-3,5H3/t15-,16-/m0/s1. The number of esters is 1. The molecule has 1 rings (SSSR count). The molecule has 0 unspecified atom stereocenters. The highest BCUT2D eigenvalue weighted by atomic mass is 127. The highest BCUT2D eigenvalue weighted by Crippen LogP contribution is 2.23. The van der Waals surface area contributed by atoms with E-state index in [1.807, 2.05) is 43.4 Å². The Morgan fingerprint density at radius 2 is 1.78 bits per heavy atom. The van der Waals surface area contributed by atoms with E-state index in [-0.39, 0.29) is 10.8 Å². The van der Waals surface area contributed by atoms with Crippen LogP contribution in [0, 0.1) is 12.8 Å². The molecule has 23 heavy (non-hydrogen) atoms. The Kier molecular flexibility index (Phi) is 7.22. The van der Waals surface area contributed by atoms with Gasteiger partial charge in [0.05, 0.1) is 10.9 Å². The predicted molar refractivity (Wildman–Crippen MR) is 98.8 cm³/mol. The lowest BCUT2D eigenvalue weighted by molar-refractivity contribution is -0.149. The molecular weight excluding hydrogens is 429 g/mol. The number of benzene rings is 1. The fraction of sp³-hybridized carbons (Fsp3) is 0.438. The lowest BCUT2D eigenvalue weighted by atomic mass is 10.0. The maximum absolute atomic E-state index is 12.6. The summed E-state index contributed by atoms with van der Waals surface area (Å²) in [5.41, 5.74) is 0.971. The van der Waals surface area contributed by atoms with Gasteiger partial charge in [-0.1, -0.05) is 38.1 Å². The number of hydrogen-bond donors (Lipinski definition) is 1. The quantitative estimate of drug-likeness (QED) is 0.511. The molecule has 1 aromatic rings. The molecule has 0 saturated carbocycles. The number of carbonyl (C=O) groups excluding carboxylic acids is 1. The van der Waals surface area contributed by atoms with Crippen LogP contribution in [0.25, 0.3) is 0 Å². The van der Waals surface area contributed by atoms with Crippen molar-refractivity contribution in [2.75, 3.05) is 0 Å². The Morgan fingerprint density at radius 3 is 2.17 bits per heavy atom. The zero-order chi connectivity index (χ0) is 17.8. The molecule has 0 aliphatic rings. The number of carbonyl (C=O) groups is 1. The van der Waals surface area contributed by atoms with E-state index in [2.05, 4.69) is 11.3 Å². The Hall–Kier alpha value is -0.930. The molecule has 0 heterocycles. The van der Waals surface area contributed by atoms with Gasteiger partial charge >= 0.3 is 5.97 Å². The molecule has 1 aromatic carbocycles. The van der Waals surface area contributed by atoms with Gasteiger partial charge in [0.15, 0.2) is 0 Å². The van der Waals surface area contributed by atoms with E-state index in [4.69, 9.17) is 4.74 Å². The lowest BCUT2D eigenvalue weighted by Gasteiger charge is -2.29. The minimum Gasteiger partial charge on any atom is -0.460 e. The van der Waals surface area contributed by atoms with Crippen LogP contribution in [0.5, 0.6) is 0 Å². The van der Waals surface area contributed by atoms with Gasteiger partial charge < -0.3 is 4.74 Å². The highest BCUT2D eigenvalue weighted by Gasteiger charge is 2.32. The first kappa shape index (κ1) is 20.1. The average Bonchev–Trinajstić information content (AvgIpc) is 2.42. The Labute approximate surface area is 151 Å². The second-order valence-electron chi connectivity index (χ2n) is 5.68. The summed E-state index contributed by atoms with van der Waals surface area (Å²) >= 11 is 1.95. The van der Waals surface area contributed by atoms with Crippen LogP contribution in [0.4, 0.5) is 0 Å². The topological polar surface area (TPSA) is 72.5 Å². The number of halogens is 1. The van der Waals surface area contributed by atoms with E-state index < -0.39 is 28.1 Å². The van der Waals surface area contributed by atoms with Gasteiger partial charge in [0.25, 0.3) is 0 Å². The van der Waals surface area contributed by atoms with Crippen LogP contribution < -0.4 is 4.72 Å². The Bertz CT molecular complexity index is 668. The molecule has 0 radical (unpaired) electrons. The molecule has 0 fully saturated rings. The summed E-state index contributed by atoms with van der Waals surface area (Å²) in [5, 5.41) is 0. The van der Waals surface area contributed by atoms with E-state index in [0.29, 0.717) is 3.58 Å². The molecule has 0 spiro atoms. The first-order valence-electron chi connectivity index (χ1n) is 7.15. The summed E-state index contributed by atoms with van der Waals surface area (Å²) < 4.78 is 33.6. The minimum atomic E-state index is -3.74. The van der Waals surface area contributed by atoms with Gasteiger partial charge in [-0.15, -0.1) is 0 Å². The predicted octanol–water partition coefficient (Wildman–Crippen LogP) is 3.18. The van der Waals surface area contributed by atoms with Gasteiger partial charge in [-0.2, -0.15) is 4.72 Å². The molecule has 0 aliphatic heterocycles. The van der Waals surface area contributed by atoms with Gasteiger partial charge in [-0.05, 0) is 47.6 Å². The van der Waals surface area contributed by atoms with Crippen LogP contribution >= 0.6 is 22.6 Å². The monoisotopic (exact) mass is 451 g/mol. The van der Waals surface area contributed by atoms with Crippen LogP contribution in [0.1, 0.15) is 26.3 Å². The molecule has 5 nitrogen and oxygen atoms in total. The number of aryl methyl sites for hydroxylation is 1. The maximum atomic E-state index is 12.6. The minimum absolute atomic E-state index is 0.0730. The second-order valence-corrected chi connectivity index (χ2v) is 8.78. The molecule has 0 aliphatic carbocycles. The van der Waals surface area contributed by atoms with Gasteiger partial charge in [0.1, 0.15) is 6.10 Å². The number of hydrogen-bond acceptors (Lipinski definition) is 4. The molecule has 0 aromatic heterocycles. The third-order valence-electron chi connectivity index (χ3n) is 3.24. The van der Waals surface area contributed by atoms with Crippen LogP contribution in [0.15, 0.2) is 39.3 Å². The molecule has 0 bridgehead atoms. The van der Waals surface area contributed by atoms with Crippen molar-refractivity contribution in [1.29, 1.82) is 0 Å². The van der Waals surface area contributed by atoms with Gasteiger partial charge in [0.2, 0.25) is 10.0 Å². The molecule has 7 heteroatoms. The fourth-order valence-electron chi connectivity index (χ4n) is 2.04. The molecule has 1 N–H and O–H groups in total. The normalized spacial score (nSPS) is 14.3. The average molecular weight is 451 g/mol. The van der Waals surface area contributed by atoms with Crippen molar-refractivity contribution in [3.63, 3.8) is 0 Å². The van der Waals surface area contributed by atoms with Crippen LogP contribution in [0.2, 0.25) is 0 Å². The summed E-state index contributed by atoms with van der Waals surface area (Å²) in [6.45, 7) is 10.7. The fourth-order valence-corrected chi connectivity index (χ4v) is 4.01. The number of rotatable bonds is 7. The third kappa shape index (κ3) is 5.89. The first-order chi connectivity index (χ1) is 10.5. The van der Waals surface area contributed by atoms with Crippen molar-refractivity contribution in [3.05, 3.63) is 40.0 Å². The smallest absolute Gasteiger partial charge is 0.302 e. The summed E-state index contributed by atoms with van der Waals surface area (Å²) in [7, 11) is -3.74. The van der Waals surface area contributed by atoms with E-state index >= 15 is 0 Å². The zero-order valence-electron chi connectivity index (χ0n) is 13.7. The van der Waals surface area contributed by atoms with E-state index in [1.165, 1.54) is 6.92 Å². The largest absolute Gasteiger partial charge is 0.460 e. The molecule has 128 valence electrons. The molecule has 0 amide bonds. The molecular formula is C16H22INO4S. The van der Waals surface area contributed by atoms with Crippen molar-refractivity contribution in [1.82, 2.24) is 4.72 Å². The Morgan fingerprint density at radius 1 is 1.26 bits per heavy atom. The molecule has 2 atom stereocenters. The van der Waals surface area contributed by atoms with E-state index in [1.54, 1.807) is 24.3 Å². The SMILES string of the molecule is C=C(I)[C@H](NS(=O)(=O)c1ccc(C)cc1)[C@@H](OC(C)=O)C(C)C. The van der Waals surface area contributed by atoms with Gasteiger partial charge in [-0.3, -0.25) is 4.79 Å². The van der Waals surface area contributed by atoms with Crippen molar-refractivity contribution >= 4 is 38.6 Å².